The predicted molar refractivity (Wildman–Crippen MR) is 69.1 cm³/mol. The fraction of sp³-hybridized carbons (Fsp3) is 0.154. The van der Waals surface area contributed by atoms with Crippen LogP contribution >= 0.6 is 0 Å². The van der Waals surface area contributed by atoms with Crippen molar-refractivity contribution in [2.75, 3.05) is 18.4 Å². The minimum atomic E-state index is -0.254. The maximum absolute atomic E-state index is 11.8. The predicted octanol–water partition coefficient (Wildman–Crippen LogP) is 2.60. The molecule has 0 saturated carbocycles. The molecule has 1 rings (SSSR count). The van der Waals surface area contributed by atoms with Crippen LogP contribution in [0.5, 0.6) is 5.75 Å². The third-order valence-electron chi connectivity index (χ3n) is 2.08. The molecule has 0 aliphatic rings. The van der Waals surface area contributed by atoms with Crippen molar-refractivity contribution in [1.82, 2.24) is 4.90 Å². The van der Waals surface area contributed by atoms with Crippen molar-refractivity contribution in [2.24, 2.45) is 0 Å². The molecule has 0 fully saturated rings. The van der Waals surface area contributed by atoms with Crippen LogP contribution in [0.2, 0.25) is 0 Å². The second-order valence-corrected chi connectivity index (χ2v) is 3.46. The van der Waals surface area contributed by atoms with Gasteiger partial charge < -0.3 is 15.3 Å². The van der Waals surface area contributed by atoms with Crippen molar-refractivity contribution in [3.05, 3.63) is 49.6 Å². The lowest BCUT2D eigenvalue weighted by atomic mass is 10.3. The van der Waals surface area contributed by atoms with E-state index in [0.717, 1.165) is 0 Å². The molecule has 2 N–H and O–H groups in total. The van der Waals surface area contributed by atoms with E-state index >= 15 is 0 Å². The molecule has 2 amide bonds. The second kappa shape index (κ2) is 6.37. The van der Waals surface area contributed by atoms with Crippen molar-refractivity contribution < 1.29 is 9.90 Å². The summed E-state index contributed by atoms with van der Waals surface area (Å²) in [4.78, 5) is 13.4. The van der Waals surface area contributed by atoms with Crippen LogP contribution in [0.4, 0.5) is 10.5 Å². The van der Waals surface area contributed by atoms with Gasteiger partial charge >= 0.3 is 6.03 Å². The van der Waals surface area contributed by atoms with E-state index in [1.165, 1.54) is 6.07 Å². The number of aromatic hydroxyl groups is 1. The Hall–Kier alpha value is -2.23. The van der Waals surface area contributed by atoms with Crippen LogP contribution in [0.15, 0.2) is 49.6 Å². The van der Waals surface area contributed by atoms with Gasteiger partial charge in [-0.05, 0) is 12.1 Å². The van der Waals surface area contributed by atoms with Gasteiger partial charge in [0.25, 0.3) is 0 Å². The summed E-state index contributed by atoms with van der Waals surface area (Å²) in [5, 5.41) is 12.0. The first-order chi connectivity index (χ1) is 8.17. The zero-order chi connectivity index (χ0) is 12.7. The van der Waals surface area contributed by atoms with E-state index in [9.17, 15) is 9.90 Å². The molecule has 0 aliphatic heterocycles. The number of phenolic OH excluding ortho intramolecular Hbond substituents is 1. The van der Waals surface area contributed by atoms with Crippen LogP contribution in [0.3, 0.4) is 0 Å². The number of anilines is 1. The summed E-state index contributed by atoms with van der Waals surface area (Å²) in [7, 11) is 0. The monoisotopic (exact) mass is 232 g/mol. The number of rotatable bonds is 5. The number of carbonyl (C=O) groups excluding carboxylic acids is 1. The van der Waals surface area contributed by atoms with E-state index in [1.54, 1.807) is 35.3 Å². The topological polar surface area (TPSA) is 52.6 Å². The smallest absolute Gasteiger partial charge is 0.322 e. The standard InChI is InChI=1S/C13H16N2O2/c1-3-8-15(9-4-2)13(17)14-11-6-5-7-12(16)10-11/h3-7,10,16H,1-2,8-9H2,(H,14,17). The maximum Gasteiger partial charge on any atom is 0.322 e. The maximum atomic E-state index is 11.8. The lowest BCUT2D eigenvalue weighted by Crippen LogP contribution is -2.35. The highest BCUT2D eigenvalue weighted by molar-refractivity contribution is 5.89. The molecule has 0 aromatic heterocycles. The molecular formula is C13H16N2O2. The normalized spacial score (nSPS) is 9.41. The molecule has 1 aromatic rings. The number of carbonyl (C=O) groups is 1. The molecule has 4 heteroatoms. The van der Waals surface area contributed by atoms with Gasteiger partial charge in [-0.25, -0.2) is 4.79 Å². The molecule has 0 spiro atoms. The number of urea groups is 1. The van der Waals surface area contributed by atoms with Gasteiger partial charge in [0.2, 0.25) is 0 Å². The van der Waals surface area contributed by atoms with Crippen LogP contribution in [0.25, 0.3) is 0 Å². The molecule has 0 saturated heterocycles. The lowest BCUT2D eigenvalue weighted by molar-refractivity contribution is 0.222. The van der Waals surface area contributed by atoms with Crippen molar-refractivity contribution >= 4 is 11.7 Å². The van der Waals surface area contributed by atoms with Crippen LogP contribution in [0, 0.1) is 0 Å². The summed E-state index contributed by atoms with van der Waals surface area (Å²) < 4.78 is 0. The Morgan fingerprint density at radius 3 is 2.53 bits per heavy atom. The van der Waals surface area contributed by atoms with E-state index in [0.29, 0.717) is 18.8 Å². The highest BCUT2D eigenvalue weighted by atomic mass is 16.3. The molecule has 0 heterocycles. The fourth-order valence-corrected chi connectivity index (χ4v) is 1.34. The molecule has 90 valence electrons. The van der Waals surface area contributed by atoms with E-state index < -0.39 is 0 Å². The zero-order valence-electron chi connectivity index (χ0n) is 9.60. The average molecular weight is 232 g/mol. The van der Waals surface area contributed by atoms with E-state index in [2.05, 4.69) is 18.5 Å². The molecule has 0 bridgehead atoms. The van der Waals surface area contributed by atoms with Crippen molar-refractivity contribution in [2.45, 2.75) is 0 Å². The Balaban J connectivity index is 2.68. The zero-order valence-corrected chi connectivity index (χ0v) is 9.60. The molecule has 0 atom stereocenters. The highest BCUT2D eigenvalue weighted by Crippen LogP contribution is 2.15. The van der Waals surface area contributed by atoms with Crippen LogP contribution < -0.4 is 5.32 Å². The number of nitrogens with one attached hydrogen (secondary N) is 1. The van der Waals surface area contributed by atoms with E-state index in [1.807, 2.05) is 0 Å². The highest BCUT2D eigenvalue weighted by Gasteiger charge is 2.10. The molecule has 17 heavy (non-hydrogen) atoms. The fourth-order valence-electron chi connectivity index (χ4n) is 1.34. The molecule has 4 nitrogen and oxygen atoms in total. The van der Waals surface area contributed by atoms with E-state index in [-0.39, 0.29) is 11.8 Å². The Labute approximate surface area is 101 Å². The number of hydrogen-bond acceptors (Lipinski definition) is 2. The Morgan fingerprint density at radius 1 is 1.35 bits per heavy atom. The van der Waals surface area contributed by atoms with E-state index in [4.69, 9.17) is 0 Å². The summed E-state index contributed by atoms with van der Waals surface area (Å²) in [5.74, 6) is 0.113. The van der Waals surface area contributed by atoms with Crippen molar-refractivity contribution in [3.63, 3.8) is 0 Å². The van der Waals surface area contributed by atoms with Gasteiger partial charge in [-0.15, -0.1) is 13.2 Å². The van der Waals surface area contributed by atoms with Gasteiger partial charge in [-0.2, -0.15) is 0 Å². The average Bonchev–Trinajstić information content (AvgIpc) is 2.28. The molecule has 0 unspecified atom stereocenters. The van der Waals surface area contributed by atoms with Crippen LogP contribution in [-0.2, 0) is 0 Å². The summed E-state index contributed by atoms with van der Waals surface area (Å²) in [6.07, 6.45) is 3.29. The van der Waals surface area contributed by atoms with Crippen LogP contribution in [-0.4, -0.2) is 29.1 Å². The summed E-state index contributed by atoms with van der Waals surface area (Å²) in [6, 6.07) is 6.14. The lowest BCUT2D eigenvalue weighted by Gasteiger charge is -2.19. The van der Waals surface area contributed by atoms with Gasteiger partial charge in [0, 0.05) is 24.8 Å². The SMILES string of the molecule is C=CCN(CC=C)C(=O)Nc1cccc(O)c1. The molecule has 0 radical (unpaired) electrons. The summed E-state index contributed by atoms with van der Waals surface area (Å²) >= 11 is 0. The summed E-state index contributed by atoms with van der Waals surface area (Å²) in [5.41, 5.74) is 0.549. The molecule has 0 aliphatic carbocycles. The molecule has 1 aromatic carbocycles. The summed E-state index contributed by atoms with van der Waals surface area (Å²) in [6.45, 7) is 8.06. The quantitative estimate of drug-likeness (QED) is 0.767. The van der Waals surface area contributed by atoms with Gasteiger partial charge in [0.05, 0.1) is 0 Å². The van der Waals surface area contributed by atoms with Gasteiger partial charge in [0.15, 0.2) is 0 Å². The van der Waals surface area contributed by atoms with Crippen molar-refractivity contribution in [1.29, 1.82) is 0 Å². The second-order valence-electron chi connectivity index (χ2n) is 3.46. The number of hydrogen-bond donors (Lipinski definition) is 2. The Morgan fingerprint density at radius 2 is 2.00 bits per heavy atom. The number of phenols is 1. The number of benzene rings is 1. The third-order valence-corrected chi connectivity index (χ3v) is 2.08. The molecular weight excluding hydrogens is 216 g/mol. The van der Waals surface area contributed by atoms with Gasteiger partial charge in [-0.1, -0.05) is 18.2 Å². The van der Waals surface area contributed by atoms with Gasteiger partial charge in [-0.3, -0.25) is 0 Å². The first kappa shape index (κ1) is 12.8. The number of amides is 2. The minimum Gasteiger partial charge on any atom is -0.508 e. The third kappa shape index (κ3) is 4.03. The van der Waals surface area contributed by atoms with Crippen LogP contribution in [0.1, 0.15) is 0 Å². The van der Waals surface area contributed by atoms with Gasteiger partial charge in [0.1, 0.15) is 5.75 Å². The first-order valence-corrected chi connectivity index (χ1v) is 5.24. The Kier molecular flexibility index (Phi) is 4.81. The van der Waals surface area contributed by atoms with Crippen molar-refractivity contribution in [3.8, 4) is 5.75 Å². The first-order valence-electron chi connectivity index (χ1n) is 5.24. The largest absolute Gasteiger partial charge is 0.508 e. The minimum absolute atomic E-state index is 0.113. The number of nitrogens with zero attached hydrogens (tertiary/aromatic N) is 1. The Bertz CT molecular complexity index is 406.